The molecule has 0 bridgehead atoms. The molecule has 0 aliphatic carbocycles. The molecule has 10 N–H and O–H groups in total. The predicted octanol–water partition coefficient (Wildman–Crippen LogP) is 0.443. The van der Waals surface area contributed by atoms with Crippen molar-refractivity contribution in [3.05, 3.63) is 58.3 Å². The van der Waals surface area contributed by atoms with E-state index in [-0.39, 0.29) is 11.1 Å². The lowest BCUT2D eigenvalue weighted by Crippen LogP contribution is -2.61. The van der Waals surface area contributed by atoms with Gasteiger partial charge in [0.1, 0.15) is 40.8 Å². The average molecular weight is 616 g/mol. The molecule has 232 valence electrons. The summed E-state index contributed by atoms with van der Waals surface area (Å²) in [6.45, 7) is -0.885. The molecule has 5 atom stereocenters. The Kier molecular flexibility index (Phi) is 7.75. The Morgan fingerprint density at radius 2 is 1.50 bits per heavy atom. The fraction of sp³-hybridized carbons (Fsp3) is 0.214. The number of hydrogen-bond acceptors (Lipinski definition) is 16. The minimum Gasteiger partial charge on any atom is -0.508 e. The second-order valence-corrected chi connectivity index (χ2v) is 9.69. The number of hydrogen-bond donors (Lipinski definition) is 10. The van der Waals surface area contributed by atoms with Gasteiger partial charge in [0.2, 0.25) is 17.5 Å². The molecule has 16 heteroatoms. The third-order valence-corrected chi connectivity index (χ3v) is 6.76. The fourth-order valence-electron chi connectivity index (χ4n) is 4.54. The van der Waals surface area contributed by atoms with Crippen LogP contribution in [0.3, 0.4) is 0 Å². The highest BCUT2D eigenvalue weighted by Crippen LogP contribution is 2.40. The van der Waals surface area contributed by atoms with Crippen LogP contribution in [0.4, 0.5) is 0 Å². The zero-order valence-corrected chi connectivity index (χ0v) is 22.1. The van der Waals surface area contributed by atoms with E-state index in [2.05, 4.69) is 0 Å². The normalized spacial score (nSPS) is 21.7. The first kappa shape index (κ1) is 30.1. The molecule has 4 aromatic rings. The summed E-state index contributed by atoms with van der Waals surface area (Å²) in [6, 6.07) is 6.51. The van der Waals surface area contributed by atoms with E-state index in [1.807, 2.05) is 0 Å². The zero-order chi connectivity index (χ0) is 32.0. The van der Waals surface area contributed by atoms with E-state index in [9.17, 15) is 60.7 Å². The van der Waals surface area contributed by atoms with Gasteiger partial charge in [0.15, 0.2) is 40.6 Å². The van der Waals surface area contributed by atoms with Crippen molar-refractivity contribution in [2.45, 2.75) is 30.7 Å². The van der Waals surface area contributed by atoms with Gasteiger partial charge in [-0.1, -0.05) is 0 Å². The Hall–Kier alpha value is -5.42. The lowest BCUT2D eigenvalue weighted by molar-refractivity contribution is -0.276. The number of rotatable bonds is 6. The largest absolute Gasteiger partial charge is 0.508 e. The molecular weight excluding hydrogens is 592 g/mol. The van der Waals surface area contributed by atoms with E-state index < -0.39 is 111 Å². The molecule has 1 fully saturated rings. The standard InChI is InChI=1S/C28H24O16/c29-8-18-21(37)23(39)26(43-27(40)10-4-15(34)20(36)16(35)5-10)28(42-18)44-25-22(38)19-14(33)6-11(30)7-17(19)41-24(25)9-1-2-12(31)13(32)3-9/h1-7,18,21,23,26,28-37,39H,8H2/t18-,21+,23+,26-,28?/m1/s1. The number of benzene rings is 3. The quantitative estimate of drug-likeness (QED) is 0.104. The molecule has 1 unspecified atom stereocenters. The van der Waals surface area contributed by atoms with Gasteiger partial charge < -0.3 is 69.7 Å². The van der Waals surface area contributed by atoms with Crippen molar-refractivity contribution in [2.75, 3.05) is 6.61 Å². The number of phenolic OH excluding ortho intramolecular Hbond substituents is 7. The van der Waals surface area contributed by atoms with Crippen LogP contribution in [0.2, 0.25) is 0 Å². The van der Waals surface area contributed by atoms with Crippen LogP contribution < -0.4 is 10.2 Å². The highest BCUT2D eigenvalue weighted by molar-refractivity contribution is 5.91. The summed E-state index contributed by atoms with van der Waals surface area (Å²) in [4.78, 5) is 26.6. The summed E-state index contributed by atoms with van der Waals surface area (Å²) in [5, 5.41) is 99.8. The van der Waals surface area contributed by atoms with Crippen molar-refractivity contribution >= 4 is 16.9 Å². The first-order valence-electron chi connectivity index (χ1n) is 12.6. The molecule has 1 aromatic heterocycles. The molecule has 3 aromatic carbocycles. The molecule has 0 amide bonds. The predicted molar refractivity (Wildman–Crippen MR) is 144 cm³/mol. The third-order valence-electron chi connectivity index (χ3n) is 6.76. The molecule has 1 aliphatic heterocycles. The minimum absolute atomic E-state index is 0.0872. The number of carbonyl (C=O) groups is 1. The van der Waals surface area contributed by atoms with Crippen LogP contribution in [0.5, 0.6) is 46.0 Å². The molecule has 0 spiro atoms. The second kappa shape index (κ2) is 11.3. The number of esters is 1. The lowest BCUT2D eigenvalue weighted by Gasteiger charge is -2.41. The highest BCUT2D eigenvalue weighted by Gasteiger charge is 2.48. The molecule has 2 heterocycles. The molecule has 44 heavy (non-hydrogen) atoms. The smallest absolute Gasteiger partial charge is 0.339 e. The summed E-state index contributed by atoms with van der Waals surface area (Å²) >= 11 is 0. The number of ether oxygens (including phenoxy) is 3. The number of aliphatic hydroxyl groups excluding tert-OH is 3. The summed E-state index contributed by atoms with van der Waals surface area (Å²) in [5.74, 6) is -7.70. The number of aliphatic hydroxyl groups is 3. The van der Waals surface area contributed by atoms with E-state index in [0.717, 1.165) is 36.4 Å². The van der Waals surface area contributed by atoms with Gasteiger partial charge in [-0.3, -0.25) is 4.79 Å². The van der Waals surface area contributed by atoms with Gasteiger partial charge in [0.25, 0.3) is 0 Å². The van der Waals surface area contributed by atoms with Gasteiger partial charge in [-0.2, -0.15) is 0 Å². The summed E-state index contributed by atoms with van der Waals surface area (Å²) in [5.41, 5.74) is -2.05. The van der Waals surface area contributed by atoms with E-state index in [1.54, 1.807) is 0 Å². The van der Waals surface area contributed by atoms with Crippen LogP contribution in [-0.4, -0.2) is 94.3 Å². The van der Waals surface area contributed by atoms with E-state index in [4.69, 9.17) is 18.6 Å². The molecule has 5 rings (SSSR count). The molecule has 16 nitrogen and oxygen atoms in total. The fourth-order valence-corrected chi connectivity index (χ4v) is 4.54. The molecular formula is C28H24O16. The minimum atomic E-state index is -2.03. The van der Waals surface area contributed by atoms with Crippen LogP contribution in [0, 0.1) is 0 Å². The Morgan fingerprint density at radius 1 is 0.818 bits per heavy atom. The first-order valence-corrected chi connectivity index (χ1v) is 12.6. The van der Waals surface area contributed by atoms with E-state index >= 15 is 0 Å². The van der Waals surface area contributed by atoms with Gasteiger partial charge in [0.05, 0.1) is 12.2 Å². The van der Waals surface area contributed by atoms with E-state index in [0.29, 0.717) is 0 Å². The number of aromatic hydroxyl groups is 7. The summed E-state index contributed by atoms with van der Waals surface area (Å²) in [7, 11) is 0. The number of fused-ring (bicyclic) bond motifs is 1. The van der Waals surface area contributed by atoms with Crippen molar-refractivity contribution in [3.8, 4) is 57.3 Å². The Bertz CT molecular complexity index is 1790. The van der Waals surface area contributed by atoms with Crippen LogP contribution in [0.1, 0.15) is 10.4 Å². The topological polar surface area (TPSA) is 277 Å². The van der Waals surface area contributed by atoms with Gasteiger partial charge >= 0.3 is 5.97 Å². The Morgan fingerprint density at radius 3 is 2.14 bits per heavy atom. The maximum atomic E-state index is 13.7. The first-order chi connectivity index (χ1) is 20.8. The lowest BCUT2D eigenvalue weighted by atomic mass is 9.99. The monoisotopic (exact) mass is 616 g/mol. The van der Waals surface area contributed by atoms with Crippen molar-refractivity contribution in [2.24, 2.45) is 0 Å². The SMILES string of the molecule is O=C(O[C@H]1C(Oc2c(-c3ccc(O)c(O)c3)oc3cc(O)cc(O)c3c2=O)O[C@H](CO)[C@H](O)[C@@H]1O)c1cc(O)c(O)c(O)c1. The maximum Gasteiger partial charge on any atom is 0.339 e. The van der Waals surface area contributed by atoms with Crippen molar-refractivity contribution in [1.29, 1.82) is 0 Å². The average Bonchev–Trinajstić information content (AvgIpc) is 2.97. The maximum absolute atomic E-state index is 13.7. The Labute approximate surface area is 244 Å². The van der Waals surface area contributed by atoms with Gasteiger partial charge in [-0.15, -0.1) is 0 Å². The number of phenols is 7. The van der Waals surface area contributed by atoms with Gasteiger partial charge in [-0.05, 0) is 30.3 Å². The van der Waals surface area contributed by atoms with Crippen LogP contribution in [0.15, 0.2) is 51.7 Å². The van der Waals surface area contributed by atoms with Gasteiger partial charge in [-0.25, -0.2) is 4.79 Å². The zero-order valence-electron chi connectivity index (χ0n) is 22.1. The van der Waals surface area contributed by atoms with E-state index in [1.165, 1.54) is 6.07 Å². The van der Waals surface area contributed by atoms with Crippen molar-refractivity contribution in [1.82, 2.24) is 0 Å². The molecule has 0 saturated carbocycles. The van der Waals surface area contributed by atoms with Crippen molar-refractivity contribution in [3.63, 3.8) is 0 Å². The van der Waals surface area contributed by atoms with Crippen molar-refractivity contribution < 1.29 is 74.5 Å². The number of carbonyl (C=O) groups excluding carboxylic acids is 1. The second-order valence-electron chi connectivity index (χ2n) is 9.69. The van der Waals surface area contributed by atoms with Gasteiger partial charge in [0, 0.05) is 17.7 Å². The summed E-state index contributed by atoms with van der Waals surface area (Å²) < 4.78 is 22.3. The molecule has 1 aliphatic rings. The molecule has 0 radical (unpaired) electrons. The van der Waals surface area contributed by atoms with Crippen LogP contribution in [-0.2, 0) is 9.47 Å². The molecule has 1 saturated heterocycles. The Balaban J connectivity index is 1.63. The highest BCUT2D eigenvalue weighted by atomic mass is 16.7. The van der Waals surface area contributed by atoms with Crippen LogP contribution >= 0.6 is 0 Å². The third kappa shape index (κ3) is 5.29. The summed E-state index contributed by atoms with van der Waals surface area (Å²) in [6.07, 6.45) is -9.44. The van der Waals surface area contributed by atoms with Crippen LogP contribution in [0.25, 0.3) is 22.3 Å².